The molecule has 0 saturated carbocycles. The number of amides is 1. The van der Waals surface area contributed by atoms with Crippen LogP contribution in [-0.4, -0.2) is 35.4 Å². The quantitative estimate of drug-likeness (QED) is 0.190. The third-order valence-corrected chi connectivity index (χ3v) is 8.05. The number of nitrogens with one attached hydrogen (secondary N) is 1. The normalized spacial score (nSPS) is 16.7. The lowest BCUT2D eigenvalue weighted by Gasteiger charge is -2.23. The van der Waals surface area contributed by atoms with Gasteiger partial charge in [0.15, 0.2) is 5.82 Å². The van der Waals surface area contributed by atoms with E-state index in [9.17, 15) is 13.8 Å². The van der Waals surface area contributed by atoms with Crippen molar-refractivity contribution in [3.8, 4) is 11.5 Å². The van der Waals surface area contributed by atoms with Crippen molar-refractivity contribution in [2.24, 2.45) is 0 Å². The van der Waals surface area contributed by atoms with Gasteiger partial charge in [-0.2, -0.15) is 5.10 Å². The van der Waals surface area contributed by atoms with E-state index in [1.165, 1.54) is 12.1 Å². The van der Waals surface area contributed by atoms with Crippen LogP contribution in [-0.2, 0) is 21.3 Å². The highest BCUT2D eigenvalue weighted by Crippen LogP contribution is 2.45. The highest BCUT2D eigenvalue weighted by atomic mass is 35.5. The molecule has 212 valence electrons. The van der Waals surface area contributed by atoms with Crippen LogP contribution in [0, 0.1) is 5.82 Å². The zero-order valence-corrected chi connectivity index (χ0v) is 23.6. The van der Waals surface area contributed by atoms with Gasteiger partial charge >= 0.3 is 7.60 Å². The number of carbonyl (C=O) groups excluding carboxylic acids is 1. The first-order chi connectivity index (χ1) is 19.9. The summed E-state index contributed by atoms with van der Waals surface area (Å²) in [5.74, 6) is 0.567. The Labute approximate surface area is 243 Å². The van der Waals surface area contributed by atoms with E-state index in [-0.39, 0.29) is 35.7 Å². The average molecular weight is 605 g/mol. The molecule has 1 aliphatic rings. The Hall–Kier alpha value is -4.41. The highest BCUT2D eigenvalue weighted by Gasteiger charge is 2.47. The van der Waals surface area contributed by atoms with Crippen LogP contribution in [0.15, 0.2) is 72.5 Å². The van der Waals surface area contributed by atoms with Gasteiger partial charge in [-0.1, -0.05) is 54.1 Å². The minimum atomic E-state index is -4.31. The molecule has 3 aromatic carbocycles. The van der Waals surface area contributed by atoms with E-state index in [1.807, 2.05) is 0 Å². The molecule has 1 unspecified atom stereocenters. The minimum Gasteiger partial charge on any atom is -0.383 e. The molecule has 0 bridgehead atoms. The fourth-order valence-corrected chi connectivity index (χ4v) is 5.65. The summed E-state index contributed by atoms with van der Waals surface area (Å²) in [5.41, 5.74) is 8.25. The highest BCUT2D eigenvalue weighted by molar-refractivity contribution is 7.55. The predicted molar refractivity (Wildman–Crippen MR) is 158 cm³/mol. The number of carbonyl (C=O) groups is 1. The van der Waals surface area contributed by atoms with E-state index in [4.69, 9.17) is 32.2 Å². The monoisotopic (exact) mass is 604 g/mol. The first-order valence-electron chi connectivity index (χ1n) is 12.7. The van der Waals surface area contributed by atoms with Crippen LogP contribution in [0.2, 0.25) is 5.02 Å². The lowest BCUT2D eigenvalue weighted by molar-refractivity contribution is -0.119. The summed E-state index contributed by atoms with van der Waals surface area (Å²) in [5, 5.41) is 8.66. The molecular weight excluding hydrogens is 582 g/mol. The molecule has 3 heterocycles. The fourth-order valence-electron chi connectivity index (χ4n) is 5.12. The van der Waals surface area contributed by atoms with Crippen molar-refractivity contribution in [3.05, 3.63) is 106 Å². The Morgan fingerprint density at radius 2 is 1.86 bits per heavy atom. The van der Waals surface area contributed by atoms with E-state index < -0.39 is 13.0 Å². The molecule has 2 aromatic heterocycles. The van der Waals surface area contributed by atoms with Gasteiger partial charge in [-0.25, -0.2) is 14.4 Å². The SMILES string of the molecule is CC1(c2ccc(C=CP(=O)(O)O)cc2)C(=O)Nc2nc(-c3nn(Cc4ccccc4F)c4cc(Cl)ccc34)nc(N)c21. The molecule has 0 fully saturated rings. The second-order valence-electron chi connectivity index (χ2n) is 10.0. The number of hydrogen-bond donors (Lipinski definition) is 4. The summed E-state index contributed by atoms with van der Waals surface area (Å²) in [7, 11) is -4.31. The van der Waals surface area contributed by atoms with Crippen molar-refractivity contribution in [1.29, 1.82) is 0 Å². The summed E-state index contributed by atoms with van der Waals surface area (Å²) >= 11 is 6.28. The molecule has 0 saturated heterocycles. The molecule has 1 amide bonds. The smallest absolute Gasteiger partial charge is 0.349 e. The number of rotatable bonds is 6. The van der Waals surface area contributed by atoms with Crippen LogP contribution in [0.5, 0.6) is 0 Å². The van der Waals surface area contributed by atoms with Crippen LogP contribution in [0.3, 0.4) is 0 Å². The third-order valence-electron chi connectivity index (χ3n) is 7.28. The second-order valence-corrected chi connectivity index (χ2v) is 11.9. The average Bonchev–Trinajstić information content (AvgIpc) is 3.42. The van der Waals surface area contributed by atoms with Crippen LogP contribution >= 0.6 is 19.2 Å². The summed E-state index contributed by atoms with van der Waals surface area (Å²) < 4.78 is 27.2. The lowest BCUT2D eigenvalue weighted by atomic mass is 9.77. The van der Waals surface area contributed by atoms with Gasteiger partial charge in [0.2, 0.25) is 5.91 Å². The number of nitrogens with zero attached hydrogens (tertiary/aromatic N) is 4. The van der Waals surface area contributed by atoms with E-state index >= 15 is 0 Å². The number of nitrogen functional groups attached to an aromatic ring is 1. The molecule has 10 nitrogen and oxygen atoms in total. The van der Waals surface area contributed by atoms with Crippen molar-refractivity contribution in [3.63, 3.8) is 0 Å². The van der Waals surface area contributed by atoms with Gasteiger partial charge in [0.1, 0.15) is 28.6 Å². The van der Waals surface area contributed by atoms with Crippen LogP contribution in [0.25, 0.3) is 28.5 Å². The first kappa shape index (κ1) is 27.7. The van der Waals surface area contributed by atoms with Gasteiger partial charge in [0.05, 0.1) is 17.6 Å². The number of hydrogen-bond acceptors (Lipinski definition) is 6. The molecule has 6 rings (SSSR count). The number of fused-ring (bicyclic) bond motifs is 2. The Balaban J connectivity index is 1.42. The number of benzene rings is 3. The van der Waals surface area contributed by atoms with Crippen LogP contribution in [0.4, 0.5) is 16.0 Å². The molecule has 13 heteroatoms. The van der Waals surface area contributed by atoms with E-state index in [2.05, 4.69) is 15.3 Å². The lowest BCUT2D eigenvalue weighted by Crippen LogP contribution is -2.32. The van der Waals surface area contributed by atoms with Gasteiger partial charge in [0, 0.05) is 21.8 Å². The van der Waals surface area contributed by atoms with Crippen molar-refractivity contribution >= 4 is 53.7 Å². The zero-order valence-electron chi connectivity index (χ0n) is 22.0. The third kappa shape index (κ3) is 4.86. The van der Waals surface area contributed by atoms with Gasteiger partial charge in [0.25, 0.3) is 0 Å². The Morgan fingerprint density at radius 3 is 2.57 bits per heavy atom. The number of anilines is 2. The molecule has 5 N–H and O–H groups in total. The fraction of sp³-hybridized carbons (Fsp3) is 0.103. The van der Waals surface area contributed by atoms with Crippen molar-refractivity contribution < 1.29 is 23.5 Å². The standard InChI is InChI=1S/C29H23ClFN6O4P/c1-29(18-8-6-16(7-9-18)12-13-42(39,40)41)23-25(32)33-27(34-26(23)35-28(29)38)24-20-11-10-19(30)14-22(20)37(36-24)15-17-4-2-3-5-21(17)31/h2-14H,15H2,1H3,(H2,39,40,41)(H3,32,33,34,35,38). The number of halogens is 2. The molecule has 1 atom stereocenters. The Bertz CT molecular complexity index is 1970. The molecule has 0 radical (unpaired) electrons. The second kappa shape index (κ2) is 10.1. The van der Waals surface area contributed by atoms with Gasteiger partial charge in [-0.15, -0.1) is 0 Å². The van der Waals surface area contributed by atoms with E-state index in [1.54, 1.807) is 72.3 Å². The maximum Gasteiger partial charge on any atom is 0.349 e. The van der Waals surface area contributed by atoms with Crippen LogP contribution < -0.4 is 11.1 Å². The maximum atomic E-state index is 14.5. The van der Waals surface area contributed by atoms with Gasteiger partial charge < -0.3 is 20.8 Å². The van der Waals surface area contributed by atoms with Crippen molar-refractivity contribution in [2.75, 3.05) is 11.1 Å². The summed E-state index contributed by atoms with van der Waals surface area (Å²) in [6.45, 7) is 1.84. The van der Waals surface area contributed by atoms with Crippen molar-refractivity contribution in [2.45, 2.75) is 18.9 Å². The molecule has 1 aliphatic heterocycles. The van der Waals surface area contributed by atoms with Crippen molar-refractivity contribution in [1.82, 2.24) is 19.7 Å². The molecule has 42 heavy (non-hydrogen) atoms. The molecular formula is C29H23ClFN6O4P. The maximum absolute atomic E-state index is 14.5. The molecule has 5 aromatic rings. The van der Waals surface area contributed by atoms with Gasteiger partial charge in [-0.3, -0.25) is 14.0 Å². The largest absolute Gasteiger partial charge is 0.383 e. The summed E-state index contributed by atoms with van der Waals surface area (Å²) in [6, 6.07) is 18.3. The summed E-state index contributed by atoms with van der Waals surface area (Å²) in [4.78, 5) is 40.7. The molecule has 0 aliphatic carbocycles. The predicted octanol–water partition coefficient (Wildman–Crippen LogP) is 5.32. The minimum absolute atomic E-state index is 0.0760. The number of aromatic nitrogens is 4. The Morgan fingerprint density at radius 1 is 1.12 bits per heavy atom. The zero-order chi connectivity index (χ0) is 29.8. The number of nitrogens with two attached hydrogens (primary N) is 1. The Kier molecular flexibility index (Phi) is 6.70. The van der Waals surface area contributed by atoms with E-state index in [0.29, 0.717) is 43.9 Å². The molecule has 0 spiro atoms. The van der Waals surface area contributed by atoms with Crippen LogP contribution in [0.1, 0.15) is 29.2 Å². The summed E-state index contributed by atoms with van der Waals surface area (Å²) in [6.07, 6.45) is 1.31. The van der Waals surface area contributed by atoms with E-state index in [0.717, 1.165) is 5.82 Å². The van der Waals surface area contributed by atoms with Gasteiger partial charge in [-0.05, 0) is 48.4 Å². The first-order valence-corrected chi connectivity index (χ1v) is 14.7. The topological polar surface area (TPSA) is 156 Å².